The molecule has 2 N–H and O–H groups in total. The molecule has 0 saturated carbocycles. The first-order chi connectivity index (χ1) is 18.4. The van der Waals surface area contributed by atoms with Crippen LogP contribution in [0.3, 0.4) is 0 Å². The minimum absolute atomic E-state index is 0.113. The zero-order chi connectivity index (χ0) is 26.9. The van der Waals surface area contributed by atoms with Gasteiger partial charge in [0.25, 0.3) is 11.8 Å². The molecule has 0 aliphatic carbocycles. The van der Waals surface area contributed by atoms with Crippen LogP contribution < -0.4 is 20.1 Å². The fourth-order valence-electron chi connectivity index (χ4n) is 4.08. The van der Waals surface area contributed by atoms with E-state index >= 15 is 0 Å². The molecule has 0 radical (unpaired) electrons. The maximum atomic E-state index is 14.3. The van der Waals surface area contributed by atoms with Crippen molar-refractivity contribution in [3.05, 3.63) is 83.4 Å². The highest BCUT2D eigenvalue weighted by Gasteiger charge is 2.17. The summed E-state index contributed by atoms with van der Waals surface area (Å²) in [4.78, 5) is 43.9. The topological polar surface area (TPSA) is 110 Å². The van der Waals surface area contributed by atoms with Crippen LogP contribution in [0.2, 0.25) is 0 Å². The van der Waals surface area contributed by atoms with E-state index < -0.39 is 5.82 Å². The molecule has 4 bridgehead atoms. The van der Waals surface area contributed by atoms with Crippen LogP contribution >= 0.6 is 0 Å². The summed E-state index contributed by atoms with van der Waals surface area (Å²) in [6.45, 7) is 1.19. The minimum atomic E-state index is -0.520. The lowest BCUT2D eigenvalue weighted by atomic mass is 10.1. The van der Waals surface area contributed by atoms with E-state index in [-0.39, 0.29) is 36.4 Å². The number of carbonyl (C=O) groups excluding carboxylic acids is 3. The van der Waals surface area contributed by atoms with Crippen molar-refractivity contribution >= 4 is 17.7 Å². The number of pyridine rings is 1. The molecule has 0 saturated heterocycles. The van der Waals surface area contributed by atoms with Crippen LogP contribution in [-0.4, -0.2) is 54.3 Å². The quantitative estimate of drug-likeness (QED) is 0.533. The van der Waals surface area contributed by atoms with Crippen LogP contribution in [0.4, 0.5) is 4.39 Å². The highest BCUT2D eigenvalue weighted by atomic mass is 19.1. The van der Waals surface area contributed by atoms with Crippen molar-refractivity contribution in [1.82, 2.24) is 20.5 Å². The van der Waals surface area contributed by atoms with Gasteiger partial charge in [-0.15, -0.1) is 0 Å². The third kappa shape index (κ3) is 7.06. The van der Waals surface area contributed by atoms with Crippen LogP contribution in [0.5, 0.6) is 17.2 Å². The average molecular weight is 521 g/mol. The van der Waals surface area contributed by atoms with Gasteiger partial charge in [-0.25, -0.2) is 4.39 Å². The van der Waals surface area contributed by atoms with E-state index in [0.717, 1.165) is 0 Å². The smallest absolute Gasteiger partial charge is 0.255 e. The van der Waals surface area contributed by atoms with E-state index in [2.05, 4.69) is 15.6 Å². The molecular formula is C28H29FN4O5. The summed E-state index contributed by atoms with van der Waals surface area (Å²) in [5.74, 6) is -0.400. The maximum absolute atomic E-state index is 14.3. The van der Waals surface area contributed by atoms with E-state index in [0.29, 0.717) is 60.7 Å². The minimum Gasteiger partial charge on any atom is -0.493 e. The molecule has 2 aliphatic heterocycles. The fourth-order valence-corrected chi connectivity index (χ4v) is 4.08. The molecular weight excluding hydrogens is 491 g/mol. The van der Waals surface area contributed by atoms with E-state index in [1.807, 2.05) is 0 Å². The summed E-state index contributed by atoms with van der Waals surface area (Å²) < 4.78 is 25.5. The number of amides is 3. The standard InChI is InChI=1S/C28H29FN4O5/c1-37-25-15-20-7-8-24(25)38-23-14-19(13-22(29)16-23)17-32-26(34)6-3-11-33(12-4-10-31-27(20)35)28(36)21-5-2-9-30-18-21/h2,5,7-9,13-16,18H,3-4,6,10-12,17H2,1H3,(H,31,35)(H,32,34). The molecule has 10 heteroatoms. The number of hydrogen-bond donors (Lipinski definition) is 2. The predicted molar refractivity (Wildman–Crippen MR) is 138 cm³/mol. The molecule has 5 rings (SSSR count). The van der Waals surface area contributed by atoms with Gasteiger partial charge in [-0.1, -0.05) is 0 Å². The number of aromatic nitrogens is 1. The van der Waals surface area contributed by atoms with Gasteiger partial charge in [0, 0.05) is 56.6 Å². The van der Waals surface area contributed by atoms with Gasteiger partial charge in [-0.05, 0) is 60.9 Å². The lowest BCUT2D eigenvalue weighted by Gasteiger charge is -2.23. The molecule has 198 valence electrons. The first-order valence-corrected chi connectivity index (χ1v) is 12.3. The predicted octanol–water partition coefficient (Wildman–Crippen LogP) is 3.69. The second kappa shape index (κ2) is 12.7. The largest absolute Gasteiger partial charge is 0.493 e. The molecule has 3 heterocycles. The van der Waals surface area contributed by atoms with Crippen molar-refractivity contribution in [2.45, 2.75) is 25.8 Å². The van der Waals surface area contributed by atoms with Crippen LogP contribution in [-0.2, 0) is 11.3 Å². The summed E-state index contributed by atoms with van der Waals surface area (Å²) in [7, 11) is 1.45. The number of fused-ring (bicyclic) bond motifs is 13. The number of nitrogens with zero attached hydrogens (tertiary/aromatic N) is 2. The molecule has 3 amide bonds. The summed E-state index contributed by atoms with van der Waals surface area (Å²) in [5, 5.41) is 5.64. The zero-order valence-electron chi connectivity index (χ0n) is 21.0. The fraction of sp³-hybridized carbons (Fsp3) is 0.286. The van der Waals surface area contributed by atoms with E-state index in [4.69, 9.17) is 9.47 Å². The molecule has 1 aromatic heterocycles. The summed E-state index contributed by atoms with van der Waals surface area (Å²) in [6.07, 6.45) is 4.24. The lowest BCUT2D eigenvalue weighted by molar-refractivity contribution is -0.121. The van der Waals surface area contributed by atoms with Crippen molar-refractivity contribution in [2.24, 2.45) is 0 Å². The summed E-state index contributed by atoms with van der Waals surface area (Å²) in [5.41, 5.74) is 1.34. The maximum Gasteiger partial charge on any atom is 0.255 e. The van der Waals surface area contributed by atoms with Gasteiger partial charge >= 0.3 is 0 Å². The number of carbonyl (C=O) groups is 3. The van der Waals surface area contributed by atoms with Gasteiger partial charge < -0.3 is 25.0 Å². The number of nitrogens with one attached hydrogen (secondary N) is 2. The Morgan fingerprint density at radius 3 is 2.71 bits per heavy atom. The monoisotopic (exact) mass is 520 g/mol. The molecule has 0 fully saturated rings. The first kappa shape index (κ1) is 26.6. The number of benzene rings is 2. The van der Waals surface area contributed by atoms with Crippen LogP contribution in [0, 0.1) is 5.82 Å². The van der Waals surface area contributed by atoms with Gasteiger partial charge in [0.15, 0.2) is 11.5 Å². The van der Waals surface area contributed by atoms with Gasteiger partial charge in [0.2, 0.25) is 5.91 Å². The number of hydrogen-bond acceptors (Lipinski definition) is 6. The molecule has 9 nitrogen and oxygen atoms in total. The van der Waals surface area contributed by atoms with Crippen molar-refractivity contribution in [3.63, 3.8) is 0 Å². The van der Waals surface area contributed by atoms with Gasteiger partial charge in [0.1, 0.15) is 11.6 Å². The SMILES string of the molecule is COc1cc2ccc1Oc1cc(F)cc(c1)CNC(=O)CCCN(C(=O)c1cccnc1)CCCNC2=O. The van der Waals surface area contributed by atoms with E-state index in [9.17, 15) is 18.8 Å². The number of ether oxygens (including phenoxy) is 2. The highest BCUT2D eigenvalue weighted by molar-refractivity contribution is 5.95. The van der Waals surface area contributed by atoms with Gasteiger partial charge in [-0.2, -0.15) is 0 Å². The van der Waals surface area contributed by atoms with Crippen LogP contribution in [0.25, 0.3) is 0 Å². The second-order valence-electron chi connectivity index (χ2n) is 8.79. The van der Waals surface area contributed by atoms with Crippen molar-refractivity contribution in [3.8, 4) is 17.2 Å². The first-order valence-electron chi connectivity index (χ1n) is 12.3. The Morgan fingerprint density at radius 1 is 1.08 bits per heavy atom. The Morgan fingerprint density at radius 2 is 1.92 bits per heavy atom. The molecule has 0 unspecified atom stereocenters. The van der Waals surface area contributed by atoms with E-state index in [1.165, 1.54) is 25.4 Å². The Bertz CT molecular complexity index is 1300. The molecule has 0 atom stereocenters. The Kier molecular flexibility index (Phi) is 8.86. The Hall–Kier alpha value is -4.47. The zero-order valence-corrected chi connectivity index (χ0v) is 21.0. The molecule has 3 aromatic rings. The van der Waals surface area contributed by atoms with E-state index in [1.54, 1.807) is 47.5 Å². The van der Waals surface area contributed by atoms with Gasteiger partial charge in [0.05, 0.1) is 12.7 Å². The molecule has 2 aromatic carbocycles. The van der Waals surface area contributed by atoms with Gasteiger partial charge in [-0.3, -0.25) is 19.4 Å². The van der Waals surface area contributed by atoms with Crippen molar-refractivity contribution in [1.29, 1.82) is 0 Å². The molecule has 38 heavy (non-hydrogen) atoms. The average Bonchev–Trinajstić information content (AvgIpc) is 2.92. The Labute approximate surface area is 220 Å². The summed E-state index contributed by atoms with van der Waals surface area (Å²) >= 11 is 0. The number of rotatable bonds is 2. The van der Waals surface area contributed by atoms with Crippen molar-refractivity contribution < 1.29 is 28.2 Å². The third-order valence-corrected chi connectivity index (χ3v) is 5.99. The molecule has 2 aliphatic rings. The van der Waals surface area contributed by atoms with Crippen molar-refractivity contribution in [2.75, 3.05) is 26.7 Å². The second-order valence-corrected chi connectivity index (χ2v) is 8.79. The Balaban J connectivity index is 1.56. The number of halogens is 1. The third-order valence-electron chi connectivity index (χ3n) is 5.99. The summed E-state index contributed by atoms with van der Waals surface area (Å²) in [6, 6.07) is 12.3. The lowest BCUT2D eigenvalue weighted by Crippen LogP contribution is -2.36. The highest BCUT2D eigenvalue weighted by Crippen LogP contribution is 2.33. The molecule has 0 spiro atoms. The number of methoxy groups -OCH3 is 1. The van der Waals surface area contributed by atoms with Crippen LogP contribution in [0.15, 0.2) is 60.9 Å². The normalized spacial score (nSPS) is 15.2. The van der Waals surface area contributed by atoms with Crippen LogP contribution in [0.1, 0.15) is 45.5 Å².